The Kier molecular flexibility index (Phi) is 7.13. The lowest BCUT2D eigenvalue weighted by Crippen LogP contribution is -2.13. The van der Waals surface area contributed by atoms with Gasteiger partial charge < -0.3 is 4.90 Å². The van der Waals surface area contributed by atoms with Crippen molar-refractivity contribution in [2.24, 2.45) is 4.99 Å². The molecule has 0 bridgehead atoms. The van der Waals surface area contributed by atoms with E-state index in [4.69, 9.17) is 0 Å². The number of allylic oxidation sites excluding steroid dienone is 2. The summed E-state index contributed by atoms with van der Waals surface area (Å²) >= 11 is 0. The summed E-state index contributed by atoms with van der Waals surface area (Å²) < 4.78 is 0. The van der Waals surface area contributed by atoms with Crippen LogP contribution in [0.4, 0.5) is 5.69 Å². The fraction of sp³-hybridized carbons (Fsp3) is 0.240. The number of rotatable bonds is 8. The number of hydrogen-bond donors (Lipinski definition) is 0. The van der Waals surface area contributed by atoms with Crippen molar-refractivity contribution in [1.29, 1.82) is 0 Å². The second kappa shape index (κ2) is 9.34. The number of anilines is 1. The first-order chi connectivity index (χ1) is 13.3. The summed E-state index contributed by atoms with van der Waals surface area (Å²) in [5, 5.41) is 0. The van der Waals surface area contributed by atoms with Gasteiger partial charge in [-0.1, -0.05) is 62.2 Å². The van der Waals surface area contributed by atoms with E-state index in [2.05, 4.69) is 60.0 Å². The molecule has 0 saturated heterocycles. The highest BCUT2D eigenvalue weighted by molar-refractivity contribution is 6.10. The van der Waals surface area contributed by atoms with Crippen molar-refractivity contribution in [3.63, 3.8) is 0 Å². The van der Waals surface area contributed by atoms with Gasteiger partial charge >= 0.3 is 0 Å². The predicted molar refractivity (Wildman–Crippen MR) is 126 cm³/mol. The van der Waals surface area contributed by atoms with Crippen LogP contribution in [0, 0.1) is 0 Å². The third kappa shape index (κ3) is 4.87. The predicted octanol–water partition coefficient (Wildman–Crippen LogP) is 5.45. The molecule has 2 aromatic rings. The van der Waals surface area contributed by atoms with E-state index >= 15 is 0 Å². The van der Waals surface area contributed by atoms with E-state index in [1.165, 1.54) is 0 Å². The van der Waals surface area contributed by atoms with Crippen LogP contribution in [0.15, 0.2) is 67.2 Å². The van der Waals surface area contributed by atoms with Gasteiger partial charge in [-0.2, -0.15) is 0 Å². The minimum Gasteiger partial charge on any atom is -0.377 e. The summed E-state index contributed by atoms with van der Waals surface area (Å²) in [6.07, 6.45) is 1.87. The Hall–Kier alpha value is -2.91. The molecular formula is C25H31N3. The maximum Gasteiger partial charge on any atom is 0.0907 e. The first-order valence-corrected chi connectivity index (χ1v) is 9.34. The maximum atomic E-state index is 4.68. The summed E-state index contributed by atoms with van der Waals surface area (Å²) in [5.41, 5.74) is 8.22. The van der Waals surface area contributed by atoms with Gasteiger partial charge in [0.15, 0.2) is 0 Å². The molecule has 0 atom stereocenters. The fourth-order valence-electron chi connectivity index (χ4n) is 3.02. The molecule has 3 nitrogen and oxygen atoms in total. The molecule has 3 heteroatoms. The van der Waals surface area contributed by atoms with Crippen LogP contribution in [-0.2, 0) is 0 Å². The van der Waals surface area contributed by atoms with Gasteiger partial charge in [-0.3, -0.25) is 9.89 Å². The molecule has 0 saturated carbocycles. The van der Waals surface area contributed by atoms with Crippen molar-refractivity contribution in [2.45, 2.75) is 6.92 Å². The Bertz CT molecular complexity index is 917. The van der Waals surface area contributed by atoms with Gasteiger partial charge in [-0.15, -0.1) is 0 Å². The highest BCUT2D eigenvalue weighted by atomic mass is 15.1. The molecule has 2 rings (SSSR count). The largest absolute Gasteiger partial charge is 0.377 e. The molecule has 0 aliphatic carbocycles. The number of benzene rings is 2. The van der Waals surface area contributed by atoms with Crippen LogP contribution in [0.25, 0.3) is 17.2 Å². The fourth-order valence-corrected chi connectivity index (χ4v) is 3.02. The molecule has 0 amide bonds. The molecule has 0 heterocycles. The smallest absolute Gasteiger partial charge is 0.0907 e. The molecule has 0 fully saturated rings. The summed E-state index contributed by atoms with van der Waals surface area (Å²) in [6.45, 7) is 15.3. The van der Waals surface area contributed by atoms with Gasteiger partial charge in [-0.05, 0) is 54.9 Å². The number of aliphatic imine (C=N–C) groups is 1. The Morgan fingerprint density at radius 2 is 1.61 bits per heavy atom. The van der Waals surface area contributed by atoms with E-state index in [0.29, 0.717) is 6.67 Å². The van der Waals surface area contributed by atoms with E-state index in [1.807, 2.05) is 58.2 Å². The quantitative estimate of drug-likeness (QED) is 0.452. The Balaban J connectivity index is 2.42. The van der Waals surface area contributed by atoms with Crippen molar-refractivity contribution < 1.29 is 0 Å². The SMILES string of the molecule is C=Cc1ccc(C(=C)C(=C)c2ccccc2/C(C)=N/CN(C)C)cc1N(C)C. The average Bonchev–Trinajstić information content (AvgIpc) is 2.70. The van der Waals surface area contributed by atoms with Gasteiger partial charge in [0, 0.05) is 31.1 Å². The summed E-state index contributed by atoms with van der Waals surface area (Å²) in [4.78, 5) is 8.81. The van der Waals surface area contributed by atoms with E-state index in [-0.39, 0.29) is 0 Å². The molecule has 146 valence electrons. The average molecular weight is 374 g/mol. The number of hydrogen-bond acceptors (Lipinski definition) is 3. The molecule has 0 radical (unpaired) electrons. The first kappa shape index (κ1) is 21.4. The van der Waals surface area contributed by atoms with E-state index in [9.17, 15) is 0 Å². The Morgan fingerprint density at radius 1 is 0.964 bits per heavy atom. The zero-order chi connectivity index (χ0) is 20.8. The monoisotopic (exact) mass is 373 g/mol. The summed E-state index contributed by atoms with van der Waals surface area (Å²) in [5.74, 6) is 0. The lowest BCUT2D eigenvalue weighted by atomic mass is 9.90. The normalized spacial score (nSPS) is 11.4. The molecule has 0 aliphatic heterocycles. The van der Waals surface area contributed by atoms with Crippen LogP contribution in [0.3, 0.4) is 0 Å². The highest BCUT2D eigenvalue weighted by Gasteiger charge is 2.13. The van der Waals surface area contributed by atoms with Crippen LogP contribution in [0.1, 0.15) is 29.2 Å². The number of nitrogens with zero attached hydrogens (tertiary/aromatic N) is 3. The molecular weight excluding hydrogens is 342 g/mol. The zero-order valence-corrected chi connectivity index (χ0v) is 17.8. The van der Waals surface area contributed by atoms with Crippen molar-refractivity contribution >= 4 is 28.6 Å². The van der Waals surface area contributed by atoms with Crippen LogP contribution >= 0.6 is 0 Å². The third-order valence-electron chi connectivity index (χ3n) is 4.68. The zero-order valence-electron chi connectivity index (χ0n) is 17.8. The highest BCUT2D eigenvalue weighted by Crippen LogP contribution is 2.33. The lowest BCUT2D eigenvalue weighted by Gasteiger charge is -2.19. The van der Waals surface area contributed by atoms with Crippen LogP contribution in [-0.4, -0.2) is 45.5 Å². The van der Waals surface area contributed by atoms with Crippen molar-refractivity contribution in [1.82, 2.24) is 4.90 Å². The van der Waals surface area contributed by atoms with Crippen LogP contribution < -0.4 is 4.90 Å². The Labute approximate surface area is 170 Å². The van der Waals surface area contributed by atoms with Crippen molar-refractivity contribution in [3.8, 4) is 0 Å². The second-order valence-electron chi connectivity index (χ2n) is 7.34. The molecule has 0 aliphatic rings. The topological polar surface area (TPSA) is 18.8 Å². The maximum absolute atomic E-state index is 4.68. The Morgan fingerprint density at radius 3 is 2.18 bits per heavy atom. The first-order valence-electron chi connectivity index (χ1n) is 9.34. The van der Waals surface area contributed by atoms with Crippen molar-refractivity contribution in [2.75, 3.05) is 39.8 Å². The van der Waals surface area contributed by atoms with Gasteiger partial charge in [0.2, 0.25) is 0 Å². The molecule has 0 unspecified atom stereocenters. The van der Waals surface area contributed by atoms with Gasteiger partial charge in [-0.25, -0.2) is 0 Å². The molecule has 2 aromatic carbocycles. The lowest BCUT2D eigenvalue weighted by molar-refractivity contribution is 0.424. The van der Waals surface area contributed by atoms with E-state index in [1.54, 1.807) is 0 Å². The second-order valence-corrected chi connectivity index (χ2v) is 7.34. The van der Waals surface area contributed by atoms with Gasteiger partial charge in [0.1, 0.15) is 0 Å². The van der Waals surface area contributed by atoms with Crippen LogP contribution in [0.2, 0.25) is 0 Å². The van der Waals surface area contributed by atoms with Crippen LogP contribution in [0.5, 0.6) is 0 Å². The summed E-state index contributed by atoms with van der Waals surface area (Å²) in [7, 11) is 8.09. The van der Waals surface area contributed by atoms with Gasteiger partial charge in [0.05, 0.1) is 6.67 Å². The van der Waals surface area contributed by atoms with E-state index in [0.717, 1.165) is 44.8 Å². The molecule has 28 heavy (non-hydrogen) atoms. The van der Waals surface area contributed by atoms with E-state index < -0.39 is 0 Å². The third-order valence-corrected chi connectivity index (χ3v) is 4.68. The minimum absolute atomic E-state index is 0.656. The minimum atomic E-state index is 0.656. The molecule has 0 N–H and O–H groups in total. The molecule has 0 aromatic heterocycles. The van der Waals surface area contributed by atoms with Crippen molar-refractivity contribution in [3.05, 3.63) is 84.5 Å². The standard InChI is InChI=1S/C25H31N3/c1-9-21-14-15-22(16-25(21)28(7)8)18(2)19(3)23-12-10-11-13-24(23)20(4)26-17-27(5)6/h9-16H,1-3,17H2,4-8H3/b26-20+. The summed E-state index contributed by atoms with van der Waals surface area (Å²) in [6, 6.07) is 14.5. The van der Waals surface area contributed by atoms with Gasteiger partial charge in [0.25, 0.3) is 0 Å². The molecule has 0 spiro atoms.